The van der Waals surface area contributed by atoms with Gasteiger partial charge in [-0.3, -0.25) is 9.89 Å². The van der Waals surface area contributed by atoms with Gasteiger partial charge < -0.3 is 15.2 Å². The van der Waals surface area contributed by atoms with Gasteiger partial charge in [-0.1, -0.05) is 31.9 Å². The molecule has 1 unspecified atom stereocenters. The van der Waals surface area contributed by atoms with Crippen LogP contribution in [0.15, 0.2) is 15.9 Å². The van der Waals surface area contributed by atoms with Crippen molar-refractivity contribution >= 4 is 0 Å². The smallest absolute Gasteiger partial charge is 0.267 e. The number of rotatable bonds is 0. The van der Waals surface area contributed by atoms with Gasteiger partial charge >= 0.3 is 0 Å². The highest BCUT2D eigenvalue weighted by Gasteiger charge is 2.59. The molecule has 0 radical (unpaired) electrons. The molecule has 0 aromatic carbocycles. The Labute approximate surface area is 203 Å². The highest BCUT2D eigenvalue weighted by Crippen LogP contribution is 2.64. The van der Waals surface area contributed by atoms with Crippen LogP contribution in [0.1, 0.15) is 83.9 Å². The van der Waals surface area contributed by atoms with Crippen LogP contribution >= 0.6 is 0 Å². The number of nitrogens with one attached hydrogen (secondary N) is 3. The maximum Gasteiger partial charge on any atom is 0.267 e. The summed E-state index contributed by atoms with van der Waals surface area (Å²) in [6.07, 6.45) is 11.2. The van der Waals surface area contributed by atoms with Crippen LogP contribution in [-0.2, 0) is 17.6 Å². The van der Waals surface area contributed by atoms with Gasteiger partial charge in [0.05, 0.1) is 11.7 Å². The number of piperidine rings is 1. The molecule has 7 rings (SSSR count). The minimum atomic E-state index is 0.0303. The van der Waals surface area contributed by atoms with E-state index in [4.69, 9.17) is 4.74 Å². The molecule has 2 saturated heterocycles. The summed E-state index contributed by atoms with van der Waals surface area (Å²) in [7, 11) is 0. The number of allylic oxidation sites excluding steroid dienone is 1. The van der Waals surface area contributed by atoms with Gasteiger partial charge in [0.15, 0.2) is 0 Å². The third kappa shape index (κ3) is 2.89. The fourth-order valence-electron chi connectivity index (χ4n) is 10.1. The van der Waals surface area contributed by atoms with Gasteiger partial charge in [-0.2, -0.15) is 0 Å². The fraction of sp³-hybridized carbons (Fsp3) is 0.828. The molecule has 1 spiro atoms. The van der Waals surface area contributed by atoms with Crippen LogP contribution in [0.4, 0.5) is 0 Å². The highest BCUT2D eigenvalue weighted by atomic mass is 16.5. The van der Waals surface area contributed by atoms with Gasteiger partial charge in [0.2, 0.25) is 0 Å². The molecule has 2 saturated carbocycles. The highest BCUT2D eigenvalue weighted by molar-refractivity contribution is 5.32. The van der Waals surface area contributed by atoms with Crippen molar-refractivity contribution in [3.8, 4) is 0 Å². The quantitative estimate of drug-likeness (QED) is 0.485. The topological polar surface area (TPSA) is 69.9 Å². The molecule has 1 aromatic rings. The number of hydrogen-bond donors (Lipinski definition) is 3. The zero-order valence-corrected chi connectivity index (χ0v) is 21.5. The molecule has 2 aliphatic heterocycles. The van der Waals surface area contributed by atoms with E-state index in [2.05, 4.69) is 43.2 Å². The monoisotopic (exact) mass is 465 g/mol. The first-order valence-electron chi connectivity index (χ1n) is 14.2. The number of hydrogen-bond acceptors (Lipinski definition) is 3. The predicted molar refractivity (Wildman–Crippen MR) is 134 cm³/mol. The van der Waals surface area contributed by atoms with E-state index in [1.54, 1.807) is 11.1 Å². The van der Waals surface area contributed by atoms with Crippen LogP contribution < -0.4 is 10.9 Å². The third-order valence-electron chi connectivity index (χ3n) is 12.0. The molecule has 6 aliphatic rings. The lowest BCUT2D eigenvalue weighted by atomic mass is 9.52. The van der Waals surface area contributed by atoms with Crippen molar-refractivity contribution in [1.82, 2.24) is 15.5 Å². The largest absolute Gasteiger partial charge is 0.369 e. The number of aromatic nitrogens is 2. The predicted octanol–water partition coefficient (Wildman–Crippen LogP) is 4.74. The number of ether oxygens (including phenoxy) is 1. The lowest BCUT2D eigenvalue weighted by Crippen LogP contribution is -2.49. The van der Waals surface area contributed by atoms with Gasteiger partial charge in [0, 0.05) is 23.2 Å². The molecule has 186 valence electrons. The van der Waals surface area contributed by atoms with Gasteiger partial charge in [0.25, 0.3) is 5.56 Å². The molecule has 10 atom stereocenters. The van der Waals surface area contributed by atoms with Crippen molar-refractivity contribution < 1.29 is 4.74 Å². The van der Waals surface area contributed by atoms with Gasteiger partial charge in [-0.25, -0.2) is 0 Å². The Morgan fingerprint density at radius 3 is 2.76 bits per heavy atom. The molecule has 0 bridgehead atoms. The van der Waals surface area contributed by atoms with E-state index >= 15 is 0 Å². The standard InChI is InChI=1S/C29H43N3O2/c1-15-9-25-26(30-14-15)17(3)29(34-25)8-7-19-20-6-5-18-10-24-22(27(33)32-31-24)13-28(18,4)23(20)11-21(19)16(2)12-29/h15,17-20,23,25-26,30H,5-14H2,1-4H3,(H2,31,32,33)/t15-,17+,18+,19-,20?,23-,25+,26-,28-,29-/m0/s1. The first-order chi connectivity index (χ1) is 16.3. The molecule has 0 amide bonds. The van der Waals surface area contributed by atoms with Crippen molar-refractivity contribution in [3.05, 3.63) is 32.8 Å². The Hall–Kier alpha value is -1.33. The molecule has 3 heterocycles. The Morgan fingerprint density at radius 2 is 1.91 bits per heavy atom. The maximum atomic E-state index is 12.5. The Kier molecular flexibility index (Phi) is 4.74. The van der Waals surface area contributed by atoms with E-state index in [0.29, 0.717) is 29.9 Å². The van der Waals surface area contributed by atoms with Crippen molar-refractivity contribution in [1.29, 1.82) is 0 Å². The molecule has 4 fully saturated rings. The lowest BCUT2D eigenvalue weighted by Gasteiger charge is -2.52. The molecule has 3 N–H and O–H groups in total. The maximum absolute atomic E-state index is 12.5. The molecule has 34 heavy (non-hydrogen) atoms. The zero-order chi connectivity index (χ0) is 23.4. The molecule has 5 nitrogen and oxygen atoms in total. The summed E-state index contributed by atoms with van der Waals surface area (Å²) >= 11 is 0. The summed E-state index contributed by atoms with van der Waals surface area (Å²) in [5.74, 6) is 4.26. The normalized spacial score (nSPS) is 49.8. The van der Waals surface area contributed by atoms with Crippen LogP contribution in [-0.4, -0.2) is 34.5 Å². The SMILES string of the molecule is CC1=C2C[C@H]3C(CC[C@@H]4Cc5[nH][nH]c(=O)c5C[C@@]43C)[C@@H]2CC[C@@]2(C1)O[C@@H]1C[C@H](C)CN[C@H]1[C@H]2C. The van der Waals surface area contributed by atoms with Crippen molar-refractivity contribution in [2.24, 2.45) is 40.9 Å². The average molecular weight is 466 g/mol. The first-order valence-corrected chi connectivity index (χ1v) is 14.2. The van der Waals surface area contributed by atoms with E-state index in [9.17, 15) is 4.79 Å². The van der Waals surface area contributed by atoms with E-state index in [0.717, 1.165) is 49.1 Å². The van der Waals surface area contributed by atoms with Gasteiger partial charge in [-0.05, 0) is 106 Å². The summed E-state index contributed by atoms with van der Waals surface area (Å²) in [5.41, 5.74) is 6.08. The fourth-order valence-corrected chi connectivity index (χ4v) is 10.1. The number of fused-ring (bicyclic) bond motifs is 7. The number of aromatic amines is 2. The zero-order valence-electron chi connectivity index (χ0n) is 21.5. The Morgan fingerprint density at radius 1 is 1.06 bits per heavy atom. The minimum absolute atomic E-state index is 0.0303. The average Bonchev–Trinajstić information content (AvgIpc) is 3.40. The lowest BCUT2D eigenvalue weighted by molar-refractivity contribution is -0.0733. The third-order valence-corrected chi connectivity index (χ3v) is 12.0. The van der Waals surface area contributed by atoms with E-state index in [1.165, 1.54) is 44.2 Å². The van der Waals surface area contributed by atoms with E-state index < -0.39 is 0 Å². The van der Waals surface area contributed by atoms with Crippen molar-refractivity contribution in [3.63, 3.8) is 0 Å². The molecular weight excluding hydrogens is 422 g/mol. The van der Waals surface area contributed by atoms with Crippen LogP contribution in [0, 0.1) is 40.9 Å². The van der Waals surface area contributed by atoms with Crippen molar-refractivity contribution in [2.75, 3.05) is 6.54 Å². The van der Waals surface area contributed by atoms with Crippen LogP contribution in [0.2, 0.25) is 0 Å². The molecule has 1 aromatic heterocycles. The van der Waals surface area contributed by atoms with Gasteiger partial charge in [0.1, 0.15) is 0 Å². The second kappa shape index (κ2) is 7.35. The van der Waals surface area contributed by atoms with E-state index in [-0.39, 0.29) is 16.6 Å². The summed E-state index contributed by atoms with van der Waals surface area (Å²) in [4.78, 5) is 12.5. The van der Waals surface area contributed by atoms with Gasteiger partial charge in [-0.15, -0.1) is 0 Å². The Bertz CT molecular complexity index is 1090. The molecule has 4 aliphatic carbocycles. The summed E-state index contributed by atoms with van der Waals surface area (Å²) < 4.78 is 7.04. The number of H-pyrrole nitrogens is 2. The van der Waals surface area contributed by atoms with Crippen LogP contribution in [0.3, 0.4) is 0 Å². The first kappa shape index (κ1) is 21.9. The minimum Gasteiger partial charge on any atom is -0.369 e. The van der Waals surface area contributed by atoms with Crippen molar-refractivity contribution in [2.45, 2.75) is 103 Å². The molecule has 5 heteroatoms. The second-order valence-electron chi connectivity index (χ2n) is 13.6. The Balaban J connectivity index is 1.19. The van der Waals surface area contributed by atoms with Crippen LogP contribution in [0.25, 0.3) is 0 Å². The van der Waals surface area contributed by atoms with E-state index in [1.807, 2.05) is 0 Å². The summed E-state index contributed by atoms with van der Waals surface area (Å²) in [5, 5.41) is 9.93. The van der Waals surface area contributed by atoms with Crippen LogP contribution in [0.5, 0.6) is 0 Å². The summed E-state index contributed by atoms with van der Waals surface area (Å²) in [6.45, 7) is 10.9. The molecular formula is C29H43N3O2. The summed E-state index contributed by atoms with van der Waals surface area (Å²) in [6, 6.07) is 0.532. The second-order valence-corrected chi connectivity index (χ2v) is 13.6.